The number of rotatable bonds is 6. The molecule has 0 amide bonds. The second kappa shape index (κ2) is 7.02. The summed E-state index contributed by atoms with van der Waals surface area (Å²) in [6.07, 6.45) is 4.72. The zero-order chi connectivity index (χ0) is 13.5. The molecule has 1 aromatic heterocycles. The number of nitrogens with two attached hydrogens (primary N) is 1. The van der Waals surface area contributed by atoms with Crippen LogP contribution >= 0.6 is 0 Å². The third-order valence-corrected chi connectivity index (χ3v) is 3.28. The Morgan fingerprint density at radius 2 is 2.11 bits per heavy atom. The topological polar surface area (TPSA) is 50.9 Å². The summed E-state index contributed by atoms with van der Waals surface area (Å²) in [5, 5.41) is 0. The zero-order valence-electron chi connectivity index (χ0n) is 11.3. The van der Waals surface area contributed by atoms with Crippen LogP contribution in [0, 0.1) is 6.92 Å². The highest BCUT2D eigenvalue weighted by molar-refractivity contribution is 5.23. The molecule has 0 radical (unpaired) electrons. The first kappa shape index (κ1) is 13.7. The van der Waals surface area contributed by atoms with Crippen molar-refractivity contribution < 1.29 is 0 Å². The van der Waals surface area contributed by atoms with Gasteiger partial charge in [-0.3, -0.25) is 16.3 Å². The maximum Gasteiger partial charge on any atom is 0.0404 e. The number of pyridine rings is 1. The molecule has 3 heteroatoms. The third-order valence-electron chi connectivity index (χ3n) is 3.28. The Morgan fingerprint density at radius 1 is 1.21 bits per heavy atom. The van der Waals surface area contributed by atoms with Crippen LogP contribution in [0.15, 0.2) is 48.7 Å². The van der Waals surface area contributed by atoms with E-state index < -0.39 is 0 Å². The summed E-state index contributed by atoms with van der Waals surface area (Å²) in [7, 11) is 0. The van der Waals surface area contributed by atoms with Crippen molar-refractivity contribution in [1.29, 1.82) is 0 Å². The minimum atomic E-state index is 0.281. The van der Waals surface area contributed by atoms with Crippen LogP contribution in [0.1, 0.15) is 23.2 Å². The lowest BCUT2D eigenvalue weighted by Crippen LogP contribution is -2.37. The van der Waals surface area contributed by atoms with Gasteiger partial charge in [0.1, 0.15) is 0 Å². The van der Waals surface area contributed by atoms with Gasteiger partial charge in [0.05, 0.1) is 0 Å². The van der Waals surface area contributed by atoms with E-state index >= 15 is 0 Å². The average Bonchev–Trinajstić information content (AvgIpc) is 2.44. The van der Waals surface area contributed by atoms with E-state index in [9.17, 15) is 0 Å². The maximum atomic E-state index is 5.65. The number of nitrogens with one attached hydrogen (secondary N) is 1. The molecule has 0 spiro atoms. The van der Waals surface area contributed by atoms with Crippen LogP contribution in [0.4, 0.5) is 0 Å². The van der Waals surface area contributed by atoms with Crippen LogP contribution in [0.2, 0.25) is 0 Å². The molecule has 3 nitrogen and oxygen atoms in total. The van der Waals surface area contributed by atoms with Crippen LogP contribution in [0.5, 0.6) is 0 Å². The lowest BCUT2D eigenvalue weighted by molar-refractivity contribution is 0.489. The lowest BCUT2D eigenvalue weighted by atomic mass is 10.00. The smallest absolute Gasteiger partial charge is 0.0404 e. The Hall–Kier alpha value is -1.71. The van der Waals surface area contributed by atoms with Gasteiger partial charge in [0.25, 0.3) is 0 Å². The van der Waals surface area contributed by atoms with E-state index in [-0.39, 0.29) is 6.04 Å². The van der Waals surface area contributed by atoms with E-state index in [4.69, 9.17) is 5.84 Å². The van der Waals surface area contributed by atoms with Crippen LogP contribution in [0.3, 0.4) is 0 Å². The highest BCUT2D eigenvalue weighted by atomic mass is 15.2. The molecular formula is C16H21N3. The molecule has 100 valence electrons. The first-order chi connectivity index (χ1) is 9.28. The molecule has 3 N–H and O–H groups in total. The Balaban J connectivity index is 1.90. The minimum Gasteiger partial charge on any atom is -0.271 e. The van der Waals surface area contributed by atoms with Crippen molar-refractivity contribution in [2.75, 3.05) is 0 Å². The van der Waals surface area contributed by atoms with Crippen LogP contribution in [-0.2, 0) is 12.8 Å². The fourth-order valence-electron chi connectivity index (χ4n) is 2.24. The van der Waals surface area contributed by atoms with Crippen molar-refractivity contribution in [2.45, 2.75) is 32.2 Å². The van der Waals surface area contributed by atoms with Crippen molar-refractivity contribution in [2.24, 2.45) is 5.84 Å². The third kappa shape index (κ3) is 4.47. The van der Waals surface area contributed by atoms with Gasteiger partial charge in [-0.05, 0) is 43.9 Å². The normalized spacial score (nSPS) is 12.3. The van der Waals surface area contributed by atoms with Crippen molar-refractivity contribution >= 4 is 0 Å². The largest absolute Gasteiger partial charge is 0.271 e. The molecule has 0 aliphatic carbocycles. The predicted octanol–water partition coefficient (Wildman–Crippen LogP) is 2.40. The van der Waals surface area contributed by atoms with E-state index in [0.29, 0.717) is 0 Å². The summed E-state index contributed by atoms with van der Waals surface area (Å²) in [6.45, 7) is 2.11. The minimum absolute atomic E-state index is 0.281. The molecule has 0 bridgehead atoms. The summed E-state index contributed by atoms with van der Waals surface area (Å²) in [6, 6.07) is 14.9. The molecule has 0 aliphatic heterocycles. The average molecular weight is 255 g/mol. The van der Waals surface area contributed by atoms with Gasteiger partial charge in [-0.1, -0.05) is 35.9 Å². The van der Waals surface area contributed by atoms with Gasteiger partial charge in [0.2, 0.25) is 0 Å². The summed E-state index contributed by atoms with van der Waals surface area (Å²) >= 11 is 0. The number of hydrogen-bond acceptors (Lipinski definition) is 3. The standard InChI is InChI=1S/C16H21N3/c1-13-5-4-6-14(11-13)12-16(19-17)9-8-15-7-2-3-10-18-15/h2-7,10-11,16,19H,8-9,12,17H2,1H3. The molecule has 19 heavy (non-hydrogen) atoms. The lowest BCUT2D eigenvalue weighted by Gasteiger charge is -2.16. The van der Waals surface area contributed by atoms with E-state index in [2.05, 4.69) is 47.7 Å². The predicted molar refractivity (Wildman–Crippen MR) is 78.6 cm³/mol. The fourth-order valence-corrected chi connectivity index (χ4v) is 2.24. The Labute approximate surface area is 114 Å². The van der Waals surface area contributed by atoms with Gasteiger partial charge in [0, 0.05) is 17.9 Å². The highest BCUT2D eigenvalue weighted by Crippen LogP contribution is 2.10. The number of hydrazine groups is 1. The number of benzene rings is 1. The second-order valence-corrected chi connectivity index (χ2v) is 4.92. The van der Waals surface area contributed by atoms with Crippen molar-refractivity contribution in [3.8, 4) is 0 Å². The van der Waals surface area contributed by atoms with E-state index in [1.807, 2.05) is 18.3 Å². The Kier molecular flexibility index (Phi) is 5.07. The van der Waals surface area contributed by atoms with Crippen LogP contribution < -0.4 is 11.3 Å². The first-order valence-electron chi connectivity index (χ1n) is 6.69. The van der Waals surface area contributed by atoms with Crippen LogP contribution in [0.25, 0.3) is 0 Å². The Morgan fingerprint density at radius 3 is 2.79 bits per heavy atom. The molecule has 0 fully saturated rings. The molecule has 1 unspecified atom stereocenters. The second-order valence-electron chi connectivity index (χ2n) is 4.92. The number of nitrogens with zero attached hydrogens (tertiary/aromatic N) is 1. The molecular weight excluding hydrogens is 234 g/mol. The molecule has 1 atom stereocenters. The molecule has 2 aromatic rings. The van der Waals surface area contributed by atoms with Gasteiger partial charge in [-0.25, -0.2) is 0 Å². The maximum absolute atomic E-state index is 5.65. The zero-order valence-corrected chi connectivity index (χ0v) is 11.3. The van der Waals surface area contributed by atoms with Crippen molar-refractivity contribution in [3.05, 3.63) is 65.5 Å². The van der Waals surface area contributed by atoms with Gasteiger partial charge >= 0.3 is 0 Å². The fraction of sp³-hybridized carbons (Fsp3) is 0.312. The molecule has 2 rings (SSSR count). The quantitative estimate of drug-likeness (QED) is 0.615. The van der Waals surface area contributed by atoms with Gasteiger partial charge in [0.15, 0.2) is 0 Å². The van der Waals surface area contributed by atoms with Gasteiger partial charge in [-0.2, -0.15) is 0 Å². The monoisotopic (exact) mass is 255 g/mol. The van der Waals surface area contributed by atoms with E-state index in [1.54, 1.807) is 0 Å². The van der Waals surface area contributed by atoms with Crippen molar-refractivity contribution in [1.82, 2.24) is 10.4 Å². The highest BCUT2D eigenvalue weighted by Gasteiger charge is 2.08. The summed E-state index contributed by atoms with van der Waals surface area (Å²) in [5.74, 6) is 5.65. The van der Waals surface area contributed by atoms with Crippen LogP contribution in [-0.4, -0.2) is 11.0 Å². The summed E-state index contributed by atoms with van der Waals surface area (Å²) < 4.78 is 0. The SMILES string of the molecule is Cc1cccc(CC(CCc2ccccn2)NN)c1. The molecule has 0 saturated carbocycles. The molecule has 0 saturated heterocycles. The van der Waals surface area contributed by atoms with Gasteiger partial charge < -0.3 is 0 Å². The number of aryl methyl sites for hydroxylation is 2. The van der Waals surface area contributed by atoms with Gasteiger partial charge in [-0.15, -0.1) is 0 Å². The van der Waals surface area contributed by atoms with Crippen molar-refractivity contribution in [3.63, 3.8) is 0 Å². The molecule has 1 heterocycles. The summed E-state index contributed by atoms with van der Waals surface area (Å²) in [4.78, 5) is 4.34. The molecule has 0 aliphatic rings. The summed E-state index contributed by atoms with van der Waals surface area (Å²) in [5.41, 5.74) is 6.64. The van der Waals surface area contributed by atoms with E-state index in [1.165, 1.54) is 11.1 Å². The Bertz CT molecular complexity index is 496. The number of hydrogen-bond donors (Lipinski definition) is 2. The number of aromatic nitrogens is 1. The van der Waals surface area contributed by atoms with E-state index in [0.717, 1.165) is 25.0 Å². The molecule has 1 aromatic carbocycles. The first-order valence-corrected chi connectivity index (χ1v) is 6.69.